The third kappa shape index (κ3) is 3.32. The van der Waals surface area contributed by atoms with Crippen molar-refractivity contribution in [2.45, 2.75) is 0 Å². The third-order valence-corrected chi connectivity index (χ3v) is 4.92. The van der Waals surface area contributed by atoms with E-state index < -0.39 is 20.0 Å². The third-order valence-electron chi connectivity index (χ3n) is 2.74. The molecule has 2 aliphatic rings. The topological polar surface area (TPSA) is 81.2 Å². The van der Waals surface area contributed by atoms with Crippen LogP contribution in [0.1, 0.15) is 0 Å². The van der Waals surface area contributed by atoms with Gasteiger partial charge in [-0.2, -0.15) is 0 Å². The fourth-order valence-electron chi connectivity index (χ4n) is 1.73. The van der Waals surface area contributed by atoms with Gasteiger partial charge in [-0.1, -0.05) is 0 Å². The molecule has 2 heterocycles. The molecule has 0 saturated carbocycles. The fourth-order valence-corrected chi connectivity index (χ4v) is 3.00. The van der Waals surface area contributed by atoms with Gasteiger partial charge in [0.2, 0.25) is 20.0 Å². The molecule has 108 valence electrons. The Kier molecular flexibility index (Phi) is 3.39. The van der Waals surface area contributed by atoms with E-state index in [1.165, 1.54) is 21.0 Å². The number of rotatable bonds is 4. The van der Waals surface area contributed by atoms with Crippen LogP contribution in [0.2, 0.25) is 0 Å². The highest BCUT2D eigenvalue weighted by Gasteiger charge is 2.24. The summed E-state index contributed by atoms with van der Waals surface area (Å²) in [7, 11) is -6.48. The van der Waals surface area contributed by atoms with Gasteiger partial charge >= 0.3 is 0 Å². The molecule has 0 aromatic rings. The molecular weight excluding hydrogens is 292 g/mol. The van der Waals surface area contributed by atoms with Crippen LogP contribution in [0.3, 0.4) is 0 Å². The van der Waals surface area contributed by atoms with E-state index in [2.05, 4.69) is 0 Å². The van der Waals surface area contributed by atoms with Gasteiger partial charge in [-0.05, 0) is 0 Å². The Morgan fingerprint density at radius 2 is 1.16 bits per heavy atom. The first-order chi connectivity index (χ1) is 8.66. The van der Waals surface area contributed by atoms with Crippen LogP contribution in [0.15, 0.2) is 24.8 Å². The van der Waals surface area contributed by atoms with Crippen molar-refractivity contribution in [3.05, 3.63) is 24.8 Å². The molecule has 19 heavy (non-hydrogen) atoms. The SMILES string of the molecule is CS(=O)(=O)N1C=CN(CN2C=CN(S(C)(=O)=O)C2)C1. The van der Waals surface area contributed by atoms with Gasteiger partial charge in [0.15, 0.2) is 0 Å². The summed E-state index contributed by atoms with van der Waals surface area (Å²) in [5.74, 6) is 0. The van der Waals surface area contributed by atoms with Crippen LogP contribution in [-0.4, -0.2) is 67.8 Å². The van der Waals surface area contributed by atoms with Crippen molar-refractivity contribution in [2.75, 3.05) is 32.5 Å². The Morgan fingerprint density at radius 3 is 1.42 bits per heavy atom. The van der Waals surface area contributed by atoms with Crippen molar-refractivity contribution in [2.24, 2.45) is 0 Å². The molecule has 0 aliphatic carbocycles. The molecule has 2 rings (SSSR count). The lowest BCUT2D eigenvalue weighted by Gasteiger charge is -2.26. The first-order valence-electron chi connectivity index (χ1n) is 5.45. The summed E-state index contributed by atoms with van der Waals surface area (Å²) < 4.78 is 47.8. The van der Waals surface area contributed by atoms with Crippen LogP contribution in [0, 0.1) is 0 Å². The molecule has 0 radical (unpaired) electrons. The molecule has 2 aliphatic heterocycles. The summed E-state index contributed by atoms with van der Waals surface area (Å²) in [4.78, 5) is 3.55. The van der Waals surface area contributed by atoms with Crippen LogP contribution in [0.5, 0.6) is 0 Å². The smallest absolute Gasteiger partial charge is 0.233 e. The van der Waals surface area contributed by atoms with Gasteiger partial charge in [-0.3, -0.25) is 8.61 Å². The monoisotopic (exact) mass is 308 g/mol. The number of hydrogen-bond acceptors (Lipinski definition) is 6. The van der Waals surface area contributed by atoms with Gasteiger partial charge in [0, 0.05) is 24.8 Å². The van der Waals surface area contributed by atoms with E-state index in [-0.39, 0.29) is 13.3 Å². The van der Waals surface area contributed by atoms with Crippen molar-refractivity contribution in [3.8, 4) is 0 Å². The average molecular weight is 308 g/mol. The summed E-state index contributed by atoms with van der Waals surface area (Å²) >= 11 is 0. The Hall–Kier alpha value is -1.42. The maximum atomic E-state index is 11.3. The maximum absolute atomic E-state index is 11.3. The van der Waals surface area contributed by atoms with E-state index >= 15 is 0 Å². The zero-order valence-electron chi connectivity index (χ0n) is 10.7. The Bertz CT molecular complexity index is 556. The minimum atomic E-state index is -3.24. The number of nitrogens with zero attached hydrogens (tertiary/aromatic N) is 4. The highest BCUT2D eigenvalue weighted by atomic mass is 32.2. The predicted octanol–water partition coefficient (Wildman–Crippen LogP) is -1.04. The summed E-state index contributed by atoms with van der Waals surface area (Å²) in [6.07, 6.45) is 8.59. The first kappa shape index (κ1) is 14.0. The molecule has 8 nitrogen and oxygen atoms in total. The Morgan fingerprint density at radius 1 is 0.789 bits per heavy atom. The lowest BCUT2D eigenvalue weighted by molar-refractivity contribution is 0.203. The molecule has 0 aromatic heterocycles. The van der Waals surface area contributed by atoms with Crippen LogP contribution in [0.25, 0.3) is 0 Å². The van der Waals surface area contributed by atoms with E-state index in [1.807, 2.05) is 0 Å². The molecule has 0 amide bonds. The quantitative estimate of drug-likeness (QED) is 0.659. The molecular formula is C9H16N4O4S2. The highest BCUT2D eigenvalue weighted by Crippen LogP contribution is 2.15. The number of hydrogen-bond donors (Lipinski definition) is 0. The van der Waals surface area contributed by atoms with E-state index in [0.29, 0.717) is 6.67 Å². The molecule has 0 unspecified atom stereocenters. The maximum Gasteiger partial charge on any atom is 0.233 e. The van der Waals surface area contributed by atoms with Gasteiger partial charge in [0.25, 0.3) is 0 Å². The van der Waals surface area contributed by atoms with E-state index in [9.17, 15) is 16.8 Å². The van der Waals surface area contributed by atoms with Crippen molar-refractivity contribution >= 4 is 20.0 Å². The molecule has 0 atom stereocenters. The predicted molar refractivity (Wildman–Crippen MR) is 69.9 cm³/mol. The van der Waals surface area contributed by atoms with E-state index in [0.717, 1.165) is 12.5 Å². The normalized spacial score (nSPS) is 19.9. The lowest BCUT2D eigenvalue weighted by Crippen LogP contribution is -2.38. The van der Waals surface area contributed by atoms with Gasteiger partial charge in [0.1, 0.15) is 13.3 Å². The number of sulfonamides is 2. The molecule has 0 N–H and O–H groups in total. The van der Waals surface area contributed by atoms with E-state index in [1.54, 1.807) is 22.2 Å². The lowest BCUT2D eigenvalue weighted by atomic mass is 10.7. The minimum absolute atomic E-state index is 0.238. The van der Waals surface area contributed by atoms with Crippen molar-refractivity contribution in [1.29, 1.82) is 0 Å². The zero-order valence-corrected chi connectivity index (χ0v) is 12.3. The summed E-state index contributed by atoms with van der Waals surface area (Å²) in [5, 5.41) is 0. The average Bonchev–Trinajstić information content (AvgIpc) is 2.84. The molecule has 10 heteroatoms. The van der Waals surface area contributed by atoms with Gasteiger partial charge in [-0.25, -0.2) is 16.8 Å². The highest BCUT2D eigenvalue weighted by molar-refractivity contribution is 7.88. The second-order valence-electron chi connectivity index (χ2n) is 4.50. The first-order valence-corrected chi connectivity index (χ1v) is 9.14. The second-order valence-corrected chi connectivity index (χ2v) is 8.37. The molecule has 0 spiro atoms. The van der Waals surface area contributed by atoms with Crippen LogP contribution in [-0.2, 0) is 20.0 Å². The summed E-state index contributed by atoms with van der Waals surface area (Å²) in [6.45, 7) is 0.898. The molecule has 0 fully saturated rings. The molecule has 0 aromatic carbocycles. The fraction of sp³-hybridized carbons (Fsp3) is 0.556. The molecule has 0 bridgehead atoms. The van der Waals surface area contributed by atoms with Crippen LogP contribution < -0.4 is 0 Å². The van der Waals surface area contributed by atoms with Crippen molar-refractivity contribution in [3.63, 3.8) is 0 Å². The summed E-state index contributed by atoms with van der Waals surface area (Å²) in [6, 6.07) is 0. The van der Waals surface area contributed by atoms with E-state index in [4.69, 9.17) is 0 Å². The van der Waals surface area contributed by atoms with Crippen LogP contribution in [0.4, 0.5) is 0 Å². The largest absolute Gasteiger partial charge is 0.340 e. The van der Waals surface area contributed by atoms with Gasteiger partial charge in [0.05, 0.1) is 19.2 Å². The molecule has 0 saturated heterocycles. The Balaban J connectivity index is 1.90. The summed E-state index contributed by atoms with van der Waals surface area (Å²) in [5.41, 5.74) is 0. The van der Waals surface area contributed by atoms with Crippen molar-refractivity contribution < 1.29 is 16.8 Å². The standard InChI is InChI=1S/C9H16N4O4S2/c1-18(14,15)12-5-3-10(8-12)7-11-4-6-13(9-11)19(2,16)17/h3-6H,7-9H2,1-2H3. The van der Waals surface area contributed by atoms with Gasteiger partial charge < -0.3 is 9.80 Å². The van der Waals surface area contributed by atoms with Crippen molar-refractivity contribution in [1.82, 2.24) is 18.4 Å². The van der Waals surface area contributed by atoms with Crippen LogP contribution >= 0.6 is 0 Å². The Labute approximate surface area is 113 Å². The minimum Gasteiger partial charge on any atom is -0.340 e. The zero-order chi connectivity index (χ0) is 14.3. The van der Waals surface area contributed by atoms with Gasteiger partial charge in [-0.15, -0.1) is 0 Å². The second kappa shape index (κ2) is 4.60.